The van der Waals surface area contributed by atoms with Gasteiger partial charge in [0.15, 0.2) is 5.16 Å². The van der Waals surface area contributed by atoms with Crippen molar-refractivity contribution in [2.45, 2.75) is 30.7 Å². The van der Waals surface area contributed by atoms with Gasteiger partial charge in [-0.15, -0.1) is 21.5 Å². The molecule has 3 N–H and O–H groups in total. The summed E-state index contributed by atoms with van der Waals surface area (Å²) in [4.78, 5) is 26.6. The average molecular weight is 487 g/mol. The number of amides is 2. The van der Waals surface area contributed by atoms with E-state index < -0.39 is 11.2 Å². The normalized spacial score (nSPS) is 14.8. The van der Waals surface area contributed by atoms with E-state index in [2.05, 4.69) is 33.4 Å². The summed E-state index contributed by atoms with van der Waals surface area (Å²) in [6.45, 7) is 6.62. The number of nitrogens with zero attached hydrogens (tertiary/aromatic N) is 4. The third kappa shape index (κ3) is 5.05. The van der Waals surface area contributed by atoms with E-state index in [4.69, 9.17) is 10.5 Å². The van der Waals surface area contributed by atoms with Crippen LogP contribution in [0.2, 0.25) is 0 Å². The van der Waals surface area contributed by atoms with Gasteiger partial charge in [-0.05, 0) is 36.4 Å². The van der Waals surface area contributed by atoms with Crippen LogP contribution in [0.5, 0.6) is 0 Å². The van der Waals surface area contributed by atoms with E-state index in [0.717, 1.165) is 36.7 Å². The van der Waals surface area contributed by atoms with Gasteiger partial charge >= 0.3 is 0 Å². The summed E-state index contributed by atoms with van der Waals surface area (Å²) in [5, 5.41) is 14.1. The Balaban J connectivity index is 1.63. The van der Waals surface area contributed by atoms with Crippen molar-refractivity contribution in [1.82, 2.24) is 14.8 Å². The predicted octanol–water partition coefficient (Wildman–Crippen LogP) is 2.95. The Labute approximate surface area is 200 Å². The molecule has 2 amide bonds. The van der Waals surface area contributed by atoms with Crippen molar-refractivity contribution < 1.29 is 14.3 Å². The molecule has 1 aliphatic rings. The minimum absolute atomic E-state index is 0.240. The van der Waals surface area contributed by atoms with Crippen LogP contribution in [-0.4, -0.2) is 58.1 Å². The number of nitrogens with one attached hydrogen (secondary N) is 1. The van der Waals surface area contributed by atoms with Gasteiger partial charge in [-0.1, -0.05) is 36.9 Å². The lowest BCUT2D eigenvalue weighted by Crippen LogP contribution is -2.38. The molecular weight excluding hydrogens is 460 g/mol. The van der Waals surface area contributed by atoms with Gasteiger partial charge in [0.25, 0.3) is 5.91 Å². The standard InChI is InChI=1S/C22H26N6O3S2/c1-3-15-6-4-5-7-17(15)28-21(27-9-11-31-12-10-27)25-26-22(28)33-14(2)19(30)24-20-16(18(23)29)8-13-32-20/h4-8,13-14H,3,9-12H2,1-2H3,(H2,23,29)(H,24,30)/t14-/m0/s1. The maximum atomic E-state index is 12.9. The number of rotatable bonds is 8. The number of para-hydroxylation sites is 1. The molecule has 33 heavy (non-hydrogen) atoms. The first-order chi connectivity index (χ1) is 16.0. The first-order valence-corrected chi connectivity index (χ1v) is 12.5. The molecule has 0 aliphatic carbocycles. The van der Waals surface area contributed by atoms with Crippen LogP contribution in [0.15, 0.2) is 40.9 Å². The van der Waals surface area contributed by atoms with Gasteiger partial charge in [0, 0.05) is 13.1 Å². The number of ether oxygens (including phenoxy) is 1. The number of carbonyl (C=O) groups is 2. The van der Waals surface area contributed by atoms with Crippen LogP contribution in [-0.2, 0) is 16.0 Å². The van der Waals surface area contributed by atoms with Gasteiger partial charge in [-0.3, -0.25) is 14.2 Å². The zero-order valence-electron chi connectivity index (χ0n) is 18.5. The fraction of sp³-hybridized carbons (Fsp3) is 0.364. The van der Waals surface area contributed by atoms with Crippen molar-refractivity contribution in [1.29, 1.82) is 0 Å². The number of carbonyl (C=O) groups excluding carboxylic acids is 2. The summed E-state index contributed by atoms with van der Waals surface area (Å²) in [5.74, 6) is -0.0716. The summed E-state index contributed by atoms with van der Waals surface area (Å²) < 4.78 is 7.53. The van der Waals surface area contributed by atoms with Gasteiger partial charge in [0.05, 0.1) is 29.7 Å². The molecule has 1 fully saturated rings. The summed E-state index contributed by atoms with van der Waals surface area (Å²) in [6, 6.07) is 9.75. The molecule has 11 heteroatoms. The molecular formula is C22H26N6O3S2. The van der Waals surface area contributed by atoms with Gasteiger partial charge in [0.1, 0.15) is 5.00 Å². The molecule has 0 saturated carbocycles. The van der Waals surface area contributed by atoms with Crippen LogP contribution in [0.4, 0.5) is 10.9 Å². The van der Waals surface area contributed by atoms with Crippen molar-refractivity contribution in [3.05, 3.63) is 46.8 Å². The highest BCUT2D eigenvalue weighted by atomic mass is 32.2. The van der Waals surface area contributed by atoms with Crippen LogP contribution < -0.4 is 16.0 Å². The molecule has 3 aromatic rings. The molecule has 0 unspecified atom stereocenters. The Hall–Kier alpha value is -2.89. The van der Waals surface area contributed by atoms with Crippen molar-refractivity contribution in [3.8, 4) is 5.69 Å². The summed E-state index contributed by atoms with van der Waals surface area (Å²) >= 11 is 2.59. The third-order valence-corrected chi connectivity index (χ3v) is 7.21. The molecule has 3 heterocycles. The predicted molar refractivity (Wildman–Crippen MR) is 131 cm³/mol. The molecule has 1 aliphatic heterocycles. The number of aryl methyl sites for hydroxylation is 1. The topological polar surface area (TPSA) is 115 Å². The zero-order valence-corrected chi connectivity index (χ0v) is 20.1. The summed E-state index contributed by atoms with van der Waals surface area (Å²) in [7, 11) is 0. The number of nitrogens with two attached hydrogens (primary N) is 1. The largest absolute Gasteiger partial charge is 0.378 e. The molecule has 1 saturated heterocycles. The van der Waals surface area contributed by atoms with Gasteiger partial charge in [0.2, 0.25) is 11.9 Å². The van der Waals surface area contributed by atoms with E-state index in [1.807, 2.05) is 22.8 Å². The maximum absolute atomic E-state index is 12.9. The summed E-state index contributed by atoms with van der Waals surface area (Å²) in [6.07, 6.45) is 0.853. The van der Waals surface area contributed by atoms with E-state index in [9.17, 15) is 9.59 Å². The number of thioether (sulfide) groups is 1. The zero-order chi connectivity index (χ0) is 23.4. The second-order valence-corrected chi connectivity index (χ2v) is 9.70. The molecule has 1 aromatic carbocycles. The third-order valence-electron chi connectivity index (χ3n) is 5.34. The minimum atomic E-state index is -0.571. The first-order valence-electron chi connectivity index (χ1n) is 10.7. The second-order valence-electron chi connectivity index (χ2n) is 7.48. The Kier molecular flexibility index (Phi) is 7.31. The van der Waals surface area contributed by atoms with E-state index in [-0.39, 0.29) is 5.91 Å². The molecule has 0 bridgehead atoms. The van der Waals surface area contributed by atoms with Crippen LogP contribution in [0.25, 0.3) is 5.69 Å². The van der Waals surface area contributed by atoms with Crippen LogP contribution in [0.1, 0.15) is 29.8 Å². The molecule has 0 spiro atoms. The lowest BCUT2D eigenvalue weighted by molar-refractivity contribution is -0.115. The number of benzene rings is 1. The van der Waals surface area contributed by atoms with Crippen LogP contribution in [0.3, 0.4) is 0 Å². The average Bonchev–Trinajstić information content (AvgIpc) is 3.46. The van der Waals surface area contributed by atoms with E-state index >= 15 is 0 Å². The lowest BCUT2D eigenvalue weighted by atomic mass is 10.1. The number of morpholine rings is 1. The van der Waals surface area contributed by atoms with E-state index in [1.54, 1.807) is 18.4 Å². The number of aromatic nitrogens is 3. The fourth-order valence-electron chi connectivity index (χ4n) is 3.57. The van der Waals surface area contributed by atoms with Gasteiger partial charge < -0.3 is 20.7 Å². The highest BCUT2D eigenvalue weighted by Crippen LogP contribution is 2.32. The number of primary amides is 1. The maximum Gasteiger partial charge on any atom is 0.251 e. The SMILES string of the molecule is CCc1ccccc1-n1c(S[C@@H](C)C(=O)Nc2sccc2C(N)=O)nnc1N1CCOCC1. The minimum Gasteiger partial charge on any atom is -0.378 e. The van der Waals surface area contributed by atoms with Crippen molar-refractivity contribution in [2.24, 2.45) is 5.73 Å². The fourth-order valence-corrected chi connectivity index (χ4v) is 5.22. The Morgan fingerprint density at radius 1 is 1.24 bits per heavy atom. The van der Waals surface area contributed by atoms with E-state index in [0.29, 0.717) is 28.9 Å². The monoisotopic (exact) mass is 486 g/mol. The smallest absolute Gasteiger partial charge is 0.251 e. The van der Waals surface area contributed by atoms with Gasteiger partial charge in [-0.25, -0.2) is 0 Å². The van der Waals surface area contributed by atoms with Crippen LogP contribution in [0, 0.1) is 0 Å². The molecule has 9 nitrogen and oxygen atoms in total. The molecule has 2 aromatic heterocycles. The number of anilines is 2. The highest BCUT2D eigenvalue weighted by Gasteiger charge is 2.26. The van der Waals surface area contributed by atoms with Crippen molar-refractivity contribution >= 4 is 45.9 Å². The molecule has 174 valence electrons. The van der Waals surface area contributed by atoms with Crippen LogP contribution >= 0.6 is 23.1 Å². The number of hydrogen-bond donors (Lipinski definition) is 2. The Morgan fingerprint density at radius 3 is 2.73 bits per heavy atom. The Bertz CT molecular complexity index is 1140. The summed E-state index contributed by atoms with van der Waals surface area (Å²) in [5.41, 5.74) is 7.86. The van der Waals surface area contributed by atoms with Gasteiger partial charge in [-0.2, -0.15) is 0 Å². The number of hydrogen-bond acceptors (Lipinski definition) is 8. The van der Waals surface area contributed by atoms with E-state index in [1.165, 1.54) is 23.1 Å². The molecule has 0 radical (unpaired) electrons. The quantitative estimate of drug-likeness (QED) is 0.470. The molecule has 1 atom stereocenters. The Morgan fingerprint density at radius 2 is 2.00 bits per heavy atom. The molecule has 4 rings (SSSR count). The lowest BCUT2D eigenvalue weighted by Gasteiger charge is -2.28. The van der Waals surface area contributed by atoms with Crippen molar-refractivity contribution in [3.63, 3.8) is 0 Å². The number of thiophene rings is 1. The van der Waals surface area contributed by atoms with Crippen molar-refractivity contribution in [2.75, 3.05) is 36.5 Å². The highest BCUT2D eigenvalue weighted by molar-refractivity contribution is 8.00. The second kappa shape index (κ2) is 10.4. The first kappa shape index (κ1) is 23.3.